The van der Waals surface area contributed by atoms with E-state index in [0.29, 0.717) is 6.54 Å². The Morgan fingerprint density at radius 2 is 2.08 bits per heavy atom. The molecule has 0 radical (unpaired) electrons. The van der Waals surface area contributed by atoms with Gasteiger partial charge in [0, 0.05) is 12.6 Å². The Morgan fingerprint density at radius 3 is 2.67 bits per heavy atom. The maximum atomic E-state index is 12.1. The van der Waals surface area contributed by atoms with Crippen LogP contribution in [0.5, 0.6) is 0 Å². The third-order valence-electron chi connectivity index (χ3n) is 4.28. The highest BCUT2D eigenvalue weighted by atomic mass is 16.6. The average molecular weight is 338 g/mol. The lowest BCUT2D eigenvalue weighted by molar-refractivity contribution is -0.386. The highest BCUT2D eigenvalue weighted by molar-refractivity contribution is 5.81. The Morgan fingerprint density at radius 1 is 1.38 bits per heavy atom. The molecule has 1 saturated heterocycles. The summed E-state index contributed by atoms with van der Waals surface area (Å²) in [6, 6.07) is 0.156. The summed E-state index contributed by atoms with van der Waals surface area (Å²) in [5, 5.41) is 14.9. The lowest BCUT2D eigenvalue weighted by Gasteiger charge is -2.33. The van der Waals surface area contributed by atoms with Crippen molar-refractivity contribution in [2.24, 2.45) is 0 Å². The first kappa shape index (κ1) is 17.9. The number of carbonyl (C=O) groups is 2. The zero-order chi connectivity index (χ0) is 17.9. The summed E-state index contributed by atoms with van der Waals surface area (Å²) >= 11 is 0. The fourth-order valence-corrected chi connectivity index (χ4v) is 2.97. The molecule has 0 bridgehead atoms. The third kappa shape index (κ3) is 3.90. The van der Waals surface area contributed by atoms with E-state index in [2.05, 4.69) is 5.10 Å². The number of hydrogen-bond donors (Lipinski definition) is 0. The largest absolute Gasteiger partial charge is 0.454 e. The molecule has 0 spiro atoms. The standard InChI is InChI=1S/C15H22N4O5/c1-10-6-4-5-7-17(10)13(20)9-24-14(21)8-18-12(3)15(19(22)23)11(2)16-18/h10H,4-9H2,1-3H3/t10-/m0/s1. The van der Waals surface area contributed by atoms with Gasteiger partial charge in [-0.2, -0.15) is 5.10 Å². The Kier molecular flexibility index (Phi) is 5.53. The predicted octanol–water partition coefficient (Wildman–Crippen LogP) is 1.35. The molecule has 9 heteroatoms. The summed E-state index contributed by atoms with van der Waals surface area (Å²) in [7, 11) is 0. The molecule has 0 unspecified atom stereocenters. The Hall–Kier alpha value is -2.45. The van der Waals surface area contributed by atoms with Crippen LogP contribution in [0.4, 0.5) is 5.69 Å². The fourth-order valence-electron chi connectivity index (χ4n) is 2.97. The first-order valence-corrected chi connectivity index (χ1v) is 7.94. The number of nitro groups is 1. The molecule has 1 aliphatic rings. The number of aryl methyl sites for hydroxylation is 1. The van der Waals surface area contributed by atoms with E-state index in [4.69, 9.17) is 4.74 Å². The van der Waals surface area contributed by atoms with E-state index in [-0.39, 0.29) is 42.2 Å². The van der Waals surface area contributed by atoms with Gasteiger partial charge in [-0.25, -0.2) is 0 Å². The summed E-state index contributed by atoms with van der Waals surface area (Å²) < 4.78 is 6.24. The number of likely N-dealkylation sites (tertiary alicyclic amines) is 1. The Balaban J connectivity index is 1.91. The van der Waals surface area contributed by atoms with Crippen LogP contribution in [0, 0.1) is 24.0 Å². The highest BCUT2D eigenvalue weighted by Crippen LogP contribution is 2.21. The number of esters is 1. The molecule has 132 valence electrons. The maximum Gasteiger partial charge on any atom is 0.328 e. The van der Waals surface area contributed by atoms with Crippen LogP contribution in [0.3, 0.4) is 0 Å². The van der Waals surface area contributed by atoms with Crippen LogP contribution in [-0.2, 0) is 20.9 Å². The van der Waals surface area contributed by atoms with Crippen molar-refractivity contribution >= 4 is 17.6 Å². The van der Waals surface area contributed by atoms with E-state index < -0.39 is 10.9 Å². The van der Waals surface area contributed by atoms with Gasteiger partial charge in [0.1, 0.15) is 17.9 Å². The average Bonchev–Trinajstić information content (AvgIpc) is 2.79. The second-order valence-corrected chi connectivity index (χ2v) is 6.03. The van der Waals surface area contributed by atoms with E-state index in [1.165, 1.54) is 18.5 Å². The second-order valence-electron chi connectivity index (χ2n) is 6.03. The van der Waals surface area contributed by atoms with Crippen molar-refractivity contribution in [3.8, 4) is 0 Å². The van der Waals surface area contributed by atoms with Gasteiger partial charge in [0.05, 0.1) is 4.92 Å². The number of aromatic nitrogens is 2. The third-order valence-corrected chi connectivity index (χ3v) is 4.28. The minimum absolute atomic E-state index is 0.110. The van der Waals surface area contributed by atoms with Crippen molar-refractivity contribution in [3.63, 3.8) is 0 Å². The Bertz CT molecular complexity index is 655. The van der Waals surface area contributed by atoms with Crippen molar-refractivity contribution in [2.75, 3.05) is 13.2 Å². The van der Waals surface area contributed by atoms with Gasteiger partial charge in [0.2, 0.25) is 0 Å². The first-order chi connectivity index (χ1) is 11.3. The summed E-state index contributed by atoms with van der Waals surface area (Å²) in [6.45, 7) is 5.11. The molecule has 24 heavy (non-hydrogen) atoms. The molecule has 0 N–H and O–H groups in total. The van der Waals surface area contributed by atoms with E-state index in [0.717, 1.165) is 19.3 Å². The van der Waals surface area contributed by atoms with Crippen molar-refractivity contribution < 1.29 is 19.2 Å². The summed E-state index contributed by atoms with van der Waals surface area (Å²) in [5.41, 5.74) is 0.412. The minimum Gasteiger partial charge on any atom is -0.454 e. The monoisotopic (exact) mass is 338 g/mol. The highest BCUT2D eigenvalue weighted by Gasteiger charge is 2.25. The van der Waals surface area contributed by atoms with Crippen molar-refractivity contribution in [1.29, 1.82) is 0 Å². The minimum atomic E-state index is -0.645. The molecule has 1 aromatic heterocycles. The van der Waals surface area contributed by atoms with E-state index >= 15 is 0 Å². The predicted molar refractivity (Wildman–Crippen MR) is 84.3 cm³/mol. The van der Waals surface area contributed by atoms with Gasteiger partial charge >= 0.3 is 11.7 Å². The number of piperidine rings is 1. The van der Waals surface area contributed by atoms with Gasteiger partial charge in [0.15, 0.2) is 6.61 Å². The van der Waals surface area contributed by atoms with E-state index in [1.54, 1.807) is 4.90 Å². The van der Waals surface area contributed by atoms with Gasteiger partial charge in [-0.05, 0) is 40.0 Å². The molecule has 1 aromatic rings. The number of amides is 1. The number of ether oxygens (including phenoxy) is 1. The summed E-state index contributed by atoms with van der Waals surface area (Å²) in [6.07, 6.45) is 3.01. The smallest absolute Gasteiger partial charge is 0.328 e. The molecule has 1 fully saturated rings. The number of rotatable bonds is 5. The van der Waals surface area contributed by atoms with Gasteiger partial charge in [-0.15, -0.1) is 0 Å². The quantitative estimate of drug-likeness (QED) is 0.455. The molecule has 9 nitrogen and oxygen atoms in total. The van der Waals surface area contributed by atoms with Gasteiger partial charge in [0.25, 0.3) is 5.91 Å². The van der Waals surface area contributed by atoms with Crippen LogP contribution in [0.2, 0.25) is 0 Å². The van der Waals surface area contributed by atoms with Crippen LogP contribution in [0.15, 0.2) is 0 Å². The van der Waals surface area contributed by atoms with Crippen LogP contribution >= 0.6 is 0 Å². The molecule has 2 rings (SSSR count). The number of hydrogen-bond acceptors (Lipinski definition) is 6. The maximum absolute atomic E-state index is 12.1. The van der Waals surface area contributed by atoms with Crippen molar-refractivity contribution in [3.05, 3.63) is 21.5 Å². The molecule has 2 heterocycles. The fraction of sp³-hybridized carbons (Fsp3) is 0.667. The van der Waals surface area contributed by atoms with Crippen LogP contribution in [0.1, 0.15) is 37.6 Å². The zero-order valence-electron chi connectivity index (χ0n) is 14.2. The molecule has 1 amide bonds. The van der Waals surface area contributed by atoms with Crippen molar-refractivity contribution in [1.82, 2.24) is 14.7 Å². The van der Waals surface area contributed by atoms with Crippen LogP contribution in [-0.4, -0.2) is 50.7 Å². The SMILES string of the molecule is Cc1nn(CC(=O)OCC(=O)N2CCCC[C@@H]2C)c(C)c1[N+](=O)[O-]. The topological polar surface area (TPSA) is 108 Å². The van der Waals surface area contributed by atoms with Gasteiger partial charge in [-0.1, -0.05) is 0 Å². The molecule has 0 aromatic carbocycles. The molecule has 0 aliphatic carbocycles. The van der Waals surface area contributed by atoms with Gasteiger partial charge < -0.3 is 9.64 Å². The van der Waals surface area contributed by atoms with E-state index in [1.807, 2.05) is 6.92 Å². The lowest BCUT2D eigenvalue weighted by atomic mass is 10.0. The molecular formula is C15H22N4O5. The van der Waals surface area contributed by atoms with E-state index in [9.17, 15) is 19.7 Å². The van der Waals surface area contributed by atoms with Crippen LogP contribution < -0.4 is 0 Å². The Labute approximate surface area is 139 Å². The zero-order valence-corrected chi connectivity index (χ0v) is 14.2. The first-order valence-electron chi connectivity index (χ1n) is 7.94. The second kappa shape index (κ2) is 7.41. The number of carbonyl (C=O) groups excluding carboxylic acids is 2. The van der Waals surface area contributed by atoms with Crippen LogP contribution in [0.25, 0.3) is 0 Å². The summed E-state index contributed by atoms with van der Waals surface area (Å²) in [4.78, 5) is 36.2. The molecule has 0 saturated carbocycles. The normalized spacial score (nSPS) is 17.6. The number of nitrogens with zero attached hydrogens (tertiary/aromatic N) is 4. The summed E-state index contributed by atoms with van der Waals surface area (Å²) in [5.74, 6) is -0.858. The molecule has 1 aliphatic heterocycles. The van der Waals surface area contributed by atoms with Gasteiger partial charge in [-0.3, -0.25) is 24.4 Å². The molecular weight excluding hydrogens is 316 g/mol. The van der Waals surface area contributed by atoms with Crippen molar-refractivity contribution in [2.45, 2.75) is 52.6 Å². The lowest BCUT2D eigenvalue weighted by Crippen LogP contribution is -2.44. The molecule has 1 atom stereocenters.